The first kappa shape index (κ1) is 28.0. The van der Waals surface area contributed by atoms with Crippen molar-refractivity contribution in [1.82, 2.24) is 20.1 Å². The second-order valence-corrected chi connectivity index (χ2v) is 10.6. The second kappa shape index (κ2) is 11.5. The number of alkyl halides is 3. The third-order valence-electron chi connectivity index (χ3n) is 6.23. The summed E-state index contributed by atoms with van der Waals surface area (Å²) < 4.78 is 41.9. The molecule has 4 aromatic rings. The first-order valence-corrected chi connectivity index (χ1v) is 13.7. The van der Waals surface area contributed by atoms with E-state index < -0.39 is 17.6 Å². The maximum Gasteiger partial charge on any atom is 0.416 e. The Morgan fingerprint density at radius 2 is 1.80 bits per heavy atom. The lowest BCUT2D eigenvalue weighted by Crippen LogP contribution is -2.30. The number of para-hydroxylation sites is 1. The van der Waals surface area contributed by atoms with Gasteiger partial charge in [0.1, 0.15) is 0 Å². The Hall–Kier alpha value is -3.54. The van der Waals surface area contributed by atoms with E-state index in [2.05, 4.69) is 15.5 Å². The molecule has 0 saturated heterocycles. The van der Waals surface area contributed by atoms with Gasteiger partial charge in [0.05, 0.1) is 34.1 Å². The molecule has 3 aromatic carbocycles. The summed E-state index contributed by atoms with van der Waals surface area (Å²) in [6.45, 7) is 0.374. The first-order valence-electron chi connectivity index (χ1n) is 12.0. The van der Waals surface area contributed by atoms with Crippen LogP contribution in [-0.2, 0) is 23.9 Å². The molecular formula is C27H20Cl2F3N5O2S. The van der Waals surface area contributed by atoms with Crippen molar-refractivity contribution >= 4 is 52.5 Å². The van der Waals surface area contributed by atoms with E-state index in [9.17, 15) is 22.8 Å². The molecule has 1 N–H and O–H groups in total. The van der Waals surface area contributed by atoms with Gasteiger partial charge in [-0.25, -0.2) is 0 Å². The van der Waals surface area contributed by atoms with Crippen LogP contribution in [0.1, 0.15) is 27.3 Å². The minimum absolute atomic E-state index is 0.0157. The number of carbonyl (C=O) groups excluding carboxylic acids is 2. The monoisotopic (exact) mass is 605 g/mol. The molecule has 2 heterocycles. The molecule has 0 unspecified atom stereocenters. The van der Waals surface area contributed by atoms with Crippen molar-refractivity contribution in [2.24, 2.45) is 0 Å². The van der Waals surface area contributed by atoms with Crippen LogP contribution in [-0.4, -0.2) is 38.9 Å². The lowest BCUT2D eigenvalue weighted by Gasteiger charge is -2.17. The van der Waals surface area contributed by atoms with Gasteiger partial charge in [0.25, 0.3) is 5.91 Å². The molecule has 206 valence electrons. The minimum atomic E-state index is -4.57. The van der Waals surface area contributed by atoms with Crippen molar-refractivity contribution in [3.63, 3.8) is 0 Å². The van der Waals surface area contributed by atoms with Gasteiger partial charge in [-0.2, -0.15) is 13.2 Å². The molecule has 0 fully saturated rings. The fourth-order valence-corrected chi connectivity index (χ4v) is 5.66. The summed E-state index contributed by atoms with van der Waals surface area (Å²) in [7, 11) is 0. The molecule has 1 aliphatic heterocycles. The largest absolute Gasteiger partial charge is 0.416 e. The fourth-order valence-electron chi connectivity index (χ4n) is 4.32. The number of thioether (sulfide) groups is 1. The van der Waals surface area contributed by atoms with E-state index in [4.69, 9.17) is 23.2 Å². The van der Waals surface area contributed by atoms with E-state index in [0.29, 0.717) is 11.6 Å². The van der Waals surface area contributed by atoms with E-state index in [1.807, 2.05) is 24.3 Å². The van der Waals surface area contributed by atoms with Crippen LogP contribution in [0.4, 0.5) is 18.9 Å². The smallest absolute Gasteiger partial charge is 0.345 e. The van der Waals surface area contributed by atoms with Crippen LogP contribution in [0.3, 0.4) is 0 Å². The van der Waals surface area contributed by atoms with Crippen LogP contribution in [0.25, 0.3) is 5.69 Å². The summed E-state index contributed by atoms with van der Waals surface area (Å²) in [5.74, 6) is -0.546. The standard InChI is InChI=1S/C27H20Cl2F3N5O2S/c28-18-8-9-20(21(29)13-18)25(39)33-14-23-34-35-26(37(23)19-6-3-5-17(12-19)27(30,31)32)40-15-24(38)36-11-10-16-4-1-2-7-22(16)36/h1-9,12-13H,10-11,14-15H2,(H,33,39). The van der Waals surface area contributed by atoms with Gasteiger partial charge in [0.2, 0.25) is 5.91 Å². The Labute approximate surface area is 241 Å². The molecule has 0 radical (unpaired) electrons. The SMILES string of the molecule is O=C(NCc1nnc(SCC(=O)N2CCc3ccccc32)n1-c1cccc(C(F)(F)F)c1)c1ccc(Cl)cc1Cl. The van der Waals surface area contributed by atoms with E-state index in [-0.39, 0.29) is 45.5 Å². The molecule has 13 heteroatoms. The van der Waals surface area contributed by atoms with Crippen LogP contribution in [0.15, 0.2) is 71.9 Å². The molecule has 5 rings (SSSR count). The number of nitrogens with zero attached hydrogens (tertiary/aromatic N) is 4. The van der Waals surface area contributed by atoms with Crippen LogP contribution in [0, 0.1) is 0 Å². The Morgan fingerprint density at radius 1 is 1.00 bits per heavy atom. The predicted octanol–water partition coefficient (Wildman–Crippen LogP) is 6.20. The molecule has 7 nitrogen and oxygen atoms in total. The number of hydrogen-bond acceptors (Lipinski definition) is 5. The summed E-state index contributed by atoms with van der Waals surface area (Å²) in [4.78, 5) is 27.5. The summed E-state index contributed by atoms with van der Waals surface area (Å²) >= 11 is 13.1. The number of nitrogens with one attached hydrogen (secondary N) is 1. The van der Waals surface area contributed by atoms with Crippen LogP contribution in [0.2, 0.25) is 10.0 Å². The number of hydrogen-bond donors (Lipinski definition) is 1. The highest BCUT2D eigenvalue weighted by Gasteiger charge is 2.31. The quantitative estimate of drug-likeness (QED) is 0.254. The number of carbonyl (C=O) groups is 2. The predicted molar refractivity (Wildman–Crippen MR) is 147 cm³/mol. The summed E-state index contributed by atoms with van der Waals surface area (Å²) in [6.07, 6.45) is -3.83. The number of halogens is 5. The first-order chi connectivity index (χ1) is 19.1. The zero-order valence-electron chi connectivity index (χ0n) is 20.6. The van der Waals surface area contributed by atoms with Crippen molar-refractivity contribution in [2.45, 2.75) is 24.3 Å². The van der Waals surface area contributed by atoms with Gasteiger partial charge in [-0.05, 0) is 54.4 Å². The number of benzene rings is 3. The zero-order valence-corrected chi connectivity index (χ0v) is 22.9. The molecule has 2 amide bonds. The van der Waals surface area contributed by atoms with Crippen LogP contribution >= 0.6 is 35.0 Å². The highest BCUT2D eigenvalue weighted by Crippen LogP contribution is 2.33. The Kier molecular flexibility index (Phi) is 8.07. The summed E-state index contributed by atoms with van der Waals surface area (Å²) in [5.41, 5.74) is 1.36. The van der Waals surface area contributed by atoms with Gasteiger partial charge in [-0.15, -0.1) is 10.2 Å². The molecule has 40 heavy (non-hydrogen) atoms. The van der Waals surface area contributed by atoms with Gasteiger partial charge < -0.3 is 10.2 Å². The zero-order chi connectivity index (χ0) is 28.4. The van der Waals surface area contributed by atoms with Gasteiger partial charge >= 0.3 is 6.18 Å². The van der Waals surface area contributed by atoms with E-state index in [1.54, 1.807) is 4.90 Å². The van der Waals surface area contributed by atoms with Crippen molar-refractivity contribution in [1.29, 1.82) is 0 Å². The second-order valence-electron chi connectivity index (χ2n) is 8.80. The number of anilines is 1. The van der Waals surface area contributed by atoms with Crippen molar-refractivity contribution in [2.75, 3.05) is 17.2 Å². The van der Waals surface area contributed by atoms with Crippen molar-refractivity contribution in [3.05, 3.63) is 99.3 Å². The maximum atomic E-state index is 13.5. The Bertz CT molecular complexity index is 1590. The molecular weight excluding hydrogens is 586 g/mol. The van der Waals surface area contributed by atoms with Gasteiger partial charge in [-0.3, -0.25) is 14.2 Å². The van der Waals surface area contributed by atoms with Gasteiger partial charge in [-0.1, -0.05) is 59.2 Å². The molecule has 0 atom stereocenters. The highest BCUT2D eigenvalue weighted by atomic mass is 35.5. The average molecular weight is 606 g/mol. The summed E-state index contributed by atoms with van der Waals surface area (Å²) in [6, 6.07) is 16.7. The normalized spacial score (nSPS) is 12.9. The Balaban J connectivity index is 1.40. The molecule has 0 bridgehead atoms. The summed E-state index contributed by atoms with van der Waals surface area (Å²) in [5, 5.41) is 11.6. The number of amides is 2. The van der Waals surface area contributed by atoms with Crippen molar-refractivity contribution in [3.8, 4) is 5.69 Å². The average Bonchev–Trinajstić information content (AvgIpc) is 3.54. The van der Waals surface area contributed by atoms with Crippen molar-refractivity contribution < 1.29 is 22.8 Å². The molecule has 1 aromatic heterocycles. The number of aromatic nitrogens is 3. The fraction of sp³-hybridized carbons (Fsp3) is 0.185. The highest BCUT2D eigenvalue weighted by molar-refractivity contribution is 7.99. The minimum Gasteiger partial charge on any atom is -0.345 e. The third kappa shape index (κ3) is 5.96. The molecule has 0 saturated carbocycles. The molecule has 0 aliphatic carbocycles. The van der Waals surface area contributed by atoms with Crippen LogP contribution in [0.5, 0.6) is 0 Å². The van der Waals surface area contributed by atoms with E-state index in [0.717, 1.165) is 41.6 Å². The maximum absolute atomic E-state index is 13.5. The number of rotatable bonds is 7. The molecule has 1 aliphatic rings. The van der Waals surface area contributed by atoms with E-state index in [1.165, 1.54) is 34.9 Å². The number of fused-ring (bicyclic) bond motifs is 1. The van der Waals surface area contributed by atoms with Gasteiger partial charge in [0.15, 0.2) is 11.0 Å². The topological polar surface area (TPSA) is 80.1 Å². The molecule has 0 spiro atoms. The van der Waals surface area contributed by atoms with Gasteiger partial charge in [0, 0.05) is 17.3 Å². The van der Waals surface area contributed by atoms with Crippen LogP contribution < -0.4 is 10.2 Å². The lowest BCUT2D eigenvalue weighted by atomic mass is 10.2. The Morgan fingerprint density at radius 3 is 2.58 bits per heavy atom. The lowest BCUT2D eigenvalue weighted by molar-refractivity contribution is -0.137. The third-order valence-corrected chi connectivity index (χ3v) is 7.69. The van der Waals surface area contributed by atoms with E-state index >= 15 is 0 Å².